The molecular weight excluding hydrogens is 380 g/mol. The lowest BCUT2D eigenvalue weighted by molar-refractivity contribution is 0.0627. The van der Waals surface area contributed by atoms with Crippen molar-refractivity contribution in [1.82, 2.24) is 19.3 Å². The lowest BCUT2D eigenvalue weighted by atomic mass is 10.1. The van der Waals surface area contributed by atoms with Gasteiger partial charge in [-0.05, 0) is 38.1 Å². The minimum atomic E-state index is -3.49. The van der Waals surface area contributed by atoms with Crippen molar-refractivity contribution in [1.29, 1.82) is 0 Å². The number of benzene rings is 1. The molecule has 2 heterocycles. The molecule has 1 saturated heterocycles. The van der Waals surface area contributed by atoms with Gasteiger partial charge in [-0.25, -0.2) is 12.7 Å². The molecule has 0 bridgehead atoms. The number of amides is 1. The monoisotopic (exact) mass is 406 g/mol. The van der Waals surface area contributed by atoms with E-state index in [-0.39, 0.29) is 10.8 Å². The zero-order valence-electron chi connectivity index (χ0n) is 16.7. The van der Waals surface area contributed by atoms with Crippen LogP contribution in [0.1, 0.15) is 27.4 Å². The summed E-state index contributed by atoms with van der Waals surface area (Å²) in [4.78, 5) is 17.0. The molecule has 1 aliphatic heterocycles. The SMILES string of the molecule is Cc1noc(C)c1CN1CCN(C(=O)c2ccc(S(=O)(=O)N(C)C)cc2)CC1. The third-order valence-electron chi connectivity index (χ3n) is 5.10. The lowest BCUT2D eigenvalue weighted by Crippen LogP contribution is -2.48. The van der Waals surface area contributed by atoms with E-state index in [0.29, 0.717) is 18.7 Å². The third-order valence-corrected chi connectivity index (χ3v) is 6.93. The number of aryl methyl sites for hydroxylation is 2. The highest BCUT2D eigenvalue weighted by Gasteiger charge is 2.24. The molecule has 28 heavy (non-hydrogen) atoms. The molecule has 0 spiro atoms. The summed E-state index contributed by atoms with van der Waals surface area (Å²) in [6.07, 6.45) is 0. The summed E-state index contributed by atoms with van der Waals surface area (Å²) < 4.78 is 30.7. The molecule has 2 aromatic rings. The average Bonchev–Trinajstić information content (AvgIpc) is 3.00. The van der Waals surface area contributed by atoms with Crippen LogP contribution < -0.4 is 0 Å². The number of aromatic nitrogens is 1. The first-order chi connectivity index (χ1) is 13.2. The summed E-state index contributed by atoms with van der Waals surface area (Å²) in [5.74, 6) is 0.759. The molecule has 0 saturated carbocycles. The van der Waals surface area contributed by atoms with E-state index in [1.165, 1.54) is 26.2 Å². The van der Waals surface area contributed by atoms with Crippen molar-refractivity contribution in [3.8, 4) is 0 Å². The summed E-state index contributed by atoms with van der Waals surface area (Å²) in [7, 11) is -0.529. The largest absolute Gasteiger partial charge is 0.361 e. The van der Waals surface area contributed by atoms with Gasteiger partial charge in [0.15, 0.2) is 0 Å². The van der Waals surface area contributed by atoms with Gasteiger partial charge in [0.25, 0.3) is 5.91 Å². The van der Waals surface area contributed by atoms with Crippen molar-refractivity contribution in [3.63, 3.8) is 0 Å². The molecule has 3 rings (SSSR count). The van der Waals surface area contributed by atoms with Crippen LogP contribution in [0.2, 0.25) is 0 Å². The summed E-state index contributed by atoms with van der Waals surface area (Å²) in [5, 5.41) is 3.99. The van der Waals surface area contributed by atoms with Crippen LogP contribution in [0.5, 0.6) is 0 Å². The van der Waals surface area contributed by atoms with E-state index in [2.05, 4.69) is 10.1 Å². The molecule has 9 heteroatoms. The van der Waals surface area contributed by atoms with Crippen molar-refractivity contribution < 1.29 is 17.7 Å². The Kier molecular flexibility index (Phi) is 5.87. The Balaban J connectivity index is 1.61. The summed E-state index contributed by atoms with van der Waals surface area (Å²) in [5.41, 5.74) is 2.51. The van der Waals surface area contributed by atoms with Gasteiger partial charge in [0.1, 0.15) is 5.76 Å². The van der Waals surface area contributed by atoms with Crippen LogP contribution in [0, 0.1) is 13.8 Å². The van der Waals surface area contributed by atoms with Crippen LogP contribution in [-0.4, -0.2) is 73.9 Å². The fourth-order valence-corrected chi connectivity index (χ4v) is 4.12. The summed E-state index contributed by atoms with van der Waals surface area (Å²) in [6, 6.07) is 6.12. The second kappa shape index (κ2) is 8.02. The molecule has 1 amide bonds. The minimum Gasteiger partial charge on any atom is -0.361 e. The molecule has 0 radical (unpaired) electrons. The number of hydrogen-bond donors (Lipinski definition) is 0. The van der Waals surface area contributed by atoms with Gasteiger partial charge in [-0.1, -0.05) is 5.16 Å². The standard InChI is InChI=1S/C19H26N4O4S/c1-14-18(15(2)27-20-14)13-22-9-11-23(12-10-22)19(24)16-5-7-17(8-6-16)28(25,26)21(3)4/h5-8H,9-13H2,1-4H3. The Hall–Kier alpha value is -2.23. The molecule has 1 aromatic carbocycles. The molecule has 0 aliphatic carbocycles. The van der Waals surface area contributed by atoms with Crippen molar-refractivity contribution >= 4 is 15.9 Å². The van der Waals surface area contributed by atoms with E-state index >= 15 is 0 Å². The van der Waals surface area contributed by atoms with Gasteiger partial charge in [-0.15, -0.1) is 0 Å². The van der Waals surface area contributed by atoms with Gasteiger partial charge < -0.3 is 9.42 Å². The van der Waals surface area contributed by atoms with E-state index < -0.39 is 10.0 Å². The Morgan fingerprint density at radius 2 is 1.71 bits per heavy atom. The van der Waals surface area contributed by atoms with Gasteiger partial charge in [-0.3, -0.25) is 9.69 Å². The number of hydrogen-bond acceptors (Lipinski definition) is 6. The maximum Gasteiger partial charge on any atom is 0.253 e. The molecule has 0 atom stereocenters. The molecular formula is C19H26N4O4S. The van der Waals surface area contributed by atoms with Crippen molar-refractivity contribution in [2.45, 2.75) is 25.3 Å². The first-order valence-electron chi connectivity index (χ1n) is 9.16. The van der Waals surface area contributed by atoms with Crippen LogP contribution in [0.15, 0.2) is 33.7 Å². The Morgan fingerprint density at radius 3 is 2.21 bits per heavy atom. The van der Waals surface area contributed by atoms with Crippen LogP contribution in [0.3, 0.4) is 0 Å². The number of rotatable bonds is 5. The Morgan fingerprint density at radius 1 is 1.11 bits per heavy atom. The molecule has 152 valence electrons. The average molecular weight is 407 g/mol. The lowest BCUT2D eigenvalue weighted by Gasteiger charge is -2.34. The summed E-state index contributed by atoms with van der Waals surface area (Å²) in [6.45, 7) is 7.40. The highest BCUT2D eigenvalue weighted by molar-refractivity contribution is 7.89. The first-order valence-corrected chi connectivity index (χ1v) is 10.6. The predicted octanol–water partition coefficient (Wildman–Crippen LogP) is 1.50. The topological polar surface area (TPSA) is 87.0 Å². The number of carbonyl (C=O) groups is 1. The van der Waals surface area contributed by atoms with Gasteiger partial charge in [-0.2, -0.15) is 0 Å². The zero-order chi connectivity index (χ0) is 20.5. The fraction of sp³-hybridized carbons (Fsp3) is 0.474. The van der Waals surface area contributed by atoms with Crippen LogP contribution in [0.25, 0.3) is 0 Å². The summed E-state index contributed by atoms with van der Waals surface area (Å²) >= 11 is 0. The maximum absolute atomic E-state index is 12.7. The van der Waals surface area contributed by atoms with Crippen molar-refractivity contribution in [3.05, 3.63) is 46.8 Å². The molecule has 8 nitrogen and oxygen atoms in total. The second-order valence-electron chi connectivity index (χ2n) is 7.18. The molecule has 0 N–H and O–H groups in total. The minimum absolute atomic E-state index is 0.0780. The van der Waals surface area contributed by atoms with Gasteiger partial charge in [0.2, 0.25) is 10.0 Å². The Bertz CT molecular complexity index is 923. The normalized spacial score (nSPS) is 16.0. The Labute approximate surface area is 165 Å². The smallest absolute Gasteiger partial charge is 0.253 e. The second-order valence-corrected chi connectivity index (χ2v) is 9.33. The molecule has 1 aliphatic rings. The van der Waals surface area contributed by atoms with Crippen molar-refractivity contribution in [2.75, 3.05) is 40.3 Å². The third kappa shape index (κ3) is 4.11. The predicted molar refractivity (Wildman–Crippen MR) is 104 cm³/mol. The number of piperazine rings is 1. The van der Waals surface area contributed by atoms with Crippen LogP contribution in [-0.2, 0) is 16.6 Å². The quantitative estimate of drug-likeness (QED) is 0.748. The molecule has 0 unspecified atom stereocenters. The molecule has 1 aromatic heterocycles. The molecule has 1 fully saturated rings. The highest BCUT2D eigenvalue weighted by atomic mass is 32.2. The highest BCUT2D eigenvalue weighted by Crippen LogP contribution is 2.18. The van der Waals surface area contributed by atoms with E-state index in [1.807, 2.05) is 13.8 Å². The van der Waals surface area contributed by atoms with Crippen LogP contribution >= 0.6 is 0 Å². The number of carbonyl (C=O) groups excluding carboxylic acids is 1. The van der Waals surface area contributed by atoms with Gasteiger partial charge in [0, 0.05) is 57.9 Å². The first kappa shape index (κ1) is 20.5. The van der Waals surface area contributed by atoms with E-state index in [4.69, 9.17) is 4.52 Å². The van der Waals surface area contributed by atoms with Gasteiger partial charge in [0.05, 0.1) is 10.6 Å². The number of sulfonamides is 1. The number of nitrogens with zero attached hydrogens (tertiary/aromatic N) is 4. The van der Waals surface area contributed by atoms with E-state index in [1.54, 1.807) is 17.0 Å². The van der Waals surface area contributed by atoms with Crippen molar-refractivity contribution in [2.24, 2.45) is 0 Å². The maximum atomic E-state index is 12.7. The van der Waals surface area contributed by atoms with Crippen LogP contribution in [0.4, 0.5) is 0 Å². The van der Waals surface area contributed by atoms with E-state index in [0.717, 1.165) is 41.0 Å². The van der Waals surface area contributed by atoms with Gasteiger partial charge >= 0.3 is 0 Å². The fourth-order valence-electron chi connectivity index (χ4n) is 3.22. The zero-order valence-corrected chi connectivity index (χ0v) is 17.5. The van der Waals surface area contributed by atoms with E-state index in [9.17, 15) is 13.2 Å².